The molecular weight excluding hydrogens is 1430 g/mol. The summed E-state index contributed by atoms with van der Waals surface area (Å²) in [5, 5.41) is 0. The summed E-state index contributed by atoms with van der Waals surface area (Å²) in [4.78, 5) is 0. The molecule has 12 bridgehead atoms. The zero-order valence-corrected chi connectivity index (χ0v) is 77.5. The van der Waals surface area contributed by atoms with Crippen LogP contribution < -0.4 is 0 Å². The fraction of sp³-hybridized carbons (Fsp3) is 1.00. The van der Waals surface area contributed by atoms with E-state index in [1.54, 1.807) is 25.7 Å². The Morgan fingerprint density at radius 2 is 0.412 bits per heavy atom. The van der Waals surface area contributed by atoms with E-state index >= 15 is 0 Å². The Hall–Kier alpha value is -0.560. The van der Waals surface area contributed by atoms with E-state index in [9.17, 15) is 0 Å². The summed E-state index contributed by atoms with van der Waals surface area (Å²) in [7, 11) is 0. The van der Waals surface area contributed by atoms with Gasteiger partial charge in [0.05, 0.1) is 66.1 Å². The summed E-state index contributed by atoms with van der Waals surface area (Å²) in [6, 6.07) is 0. The van der Waals surface area contributed by atoms with Gasteiger partial charge in [-0.25, -0.2) is 0 Å². The maximum atomic E-state index is 6.33. The minimum absolute atomic E-state index is 0.0188. The van der Waals surface area contributed by atoms with E-state index in [0.29, 0.717) is 5.92 Å². The van der Waals surface area contributed by atoms with Gasteiger partial charge in [0, 0.05) is 87.6 Å². The van der Waals surface area contributed by atoms with Crippen LogP contribution in [0.25, 0.3) is 0 Å². The van der Waals surface area contributed by atoms with E-state index in [1.165, 1.54) is 283 Å². The number of hydrogen-bond acceptors (Lipinski definition) is 14. The maximum absolute atomic E-state index is 6.33. The van der Waals surface area contributed by atoms with Crippen molar-refractivity contribution in [1.29, 1.82) is 0 Å². The molecule has 15 saturated carbocycles. The summed E-state index contributed by atoms with van der Waals surface area (Å²) in [5.74, 6) is 9.42. The Labute approximate surface area is 703 Å². The predicted molar refractivity (Wildman–Crippen MR) is 468 cm³/mol. The molecule has 0 aromatic rings. The van der Waals surface area contributed by atoms with Gasteiger partial charge in [0.25, 0.3) is 0 Å². The first-order chi connectivity index (χ1) is 56.1. The Bertz CT molecular complexity index is 2210. The molecule has 0 radical (unpaired) electrons. The second kappa shape index (κ2) is 56.3. The molecule has 14 heteroatoms. The van der Waals surface area contributed by atoms with Gasteiger partial charge >= 0.3 is 0 Å². The van der Waals surface area contributed by atoms with E-state index in [1.807, 2.05) is 96.9 Å². The van der Waals surface area contributed by atoms with Gasteiger partial charge in [-0.1, -0.05) is 134 Å². The maximum Gasteiger partial charge on any atom is 0.173 e. The van der Waals surface area contributed by atoms with E-state index in [2.05, 4.69) is 0 Å². The zero-order valence-electron chi connectivity index (χ0n) is 77.5. The molecule has 22 rings (SSSR count). The van der Waals surface area contributed by atoms with Crippen molar-refractivity contribution in [3.63, 3.8) is 0 Å². The van der Waals surface area contributed by atoms with Gasteiger partial charge in [-0.05, 0) is 312 Å². The predicted octanol–water partition coefficient (Wildman–Crippen LogP) is 27.4. The Morgan fingerprint density at radius 1 is 0.193 bits per heavy atom. The fourth-order valence-electron chi connectivity index (χ4n) is 24.3. The van der Waals surface area contributed by atoms with E-state index in [-0.39, 0.29) is 41.5 Å². The number of hydrogen-bond donors (Lipinski definition) is 0. The SMILES string of the molecule is C1CCCC2(CC1)CCCCC2.C1CCOC2(CC3CCC2C3)OC1.C1CCOC2(CC3CCC2C3)OCC1.C1CCOC2(CCCCC2)OCC1.C1CCOC2(OC1)C1CC3CC(C1)CC2C3.C1CCOC2(OCC1)C1CC3CC(C1)CC2C3.CC.CC.CC.CC.CC.CC.CC1OCCCCCO1.CC1OCCCCO1. The van der Waals surface area contributed by atoms with Gasteiger partial charge in [0.1, 0.15) is 0 Å². The van der Waals surface area contributed by atoms with Gasteiger partial charge in [0.2, 0.25) is 0 Å². The minimum Gasteiger partial charge on any atom is -0.353 e. The van der Waals surface area contributed by atoms with Crippen LogP contribution in [0.1, 0.15) is 431 Å². The number of fused-ring (bicyclic) bond motifs is 6. The van der Waals surface area contributed by atoms with Crippen LogP contribution in [0.4, 0.5) is 0 Å². The number of rotatable bonds is 0. The van der Waals surface area contributed by atoms with E-state index < -0.39 is 0 Å². The molecule has 672 valence electrons. The molecule has 0 N–H and O–H groups in total. The van der Waals surface area contributed by atoms with Gasteiger partial charge in [-0.2, -0.15) is 0 Å². The molecule has 22 fully saturated rings. The van der Waals surface area contributed by atoms with Crippen molar-refractivity contribution in [2.75, 3.05) is 92.5 Å². The van der Waals surface area contributed by atoms with Crippen LogP contribution in [-0.2, 0) is 66.3 Å². The lowest BCUT2D eigenvalue weighted by Crippen LogP contribution is -2.60. The van der Waals surface area contributed by atoms with Crippen molar-refractivity contribution in [3.8, 4) is 0 Å². The first kappa shape index (κ1) is 101. The van der Waals surface area contributed by atoms with Gasteiger partial charge in [-0.3, -0.25) is 0 Å². The fourth-order valence-corrected chi connectivity index (χ4v) is 24.3. The zero-order chi connectivity index (χ0) is 81.7. The first-order valence-electron chi connectivity index (χ1n) is 51.0. The van der Waals surface area contributed by atoms with Crippen LogP contribution in [0.15, 0.2) is 0 Å². The molecule has 22 aliphatic rings. The third-order valence-corrected chi connectivity index (χ3v) is 29.3. The van der Waals surface area contributed by atoms with Gasteiger partial charge < -0.3 is 66.3 Å². The van der Waals surface area contributed by atoms with Gasteiger partial charge in [-0.15, -0.1) is 0 Å². The molecule has 0 amide bonds. The van der Waals surface area contributed by atoms with Crippen molar-refractivity contribution >= 4 is 0 Å². The lowest BCUT2D eigenvalue weighted by atomic mass is 9.53. The molecule has 15 aliphatic carbocycles. The second-order valence-corrected chi connectivity index (χ2v) is 36.7. The monoisotopic (exact) mass is 1610 g/mol. The standard InChI is InChI=1S/C15H24O2.C14H22O2.C12H20O2.C12H22.C11H18O2.C11H20O2.C7H14O2.C6H12O2.6C2H6/c1-2-4-16-15(17-5-3-1)13-7-11-6-12(9-13)10-14(15)8-11;1-2-4-16-14(15-3-1)12-6-10-5-11(8-12)9-13(14)7-10;1-2-6-13-12(14-7-3-1)9-10-4-5-11(12)8-10;1-2-5-9-12(8-4-1)10-6-3-7-11-12;1-2-6-13-11(12-5-1)8-9-3-4-10(11)7-9;1-3-7-11(8-4-1)12-9-5-2-6-10-13-11;1-7-8-5-3-2-4-6-9-7;1-6-7-4-2-3-5-8-6;6*1-2/h11-14H,1-10H2;10-13H,1-9H2;10-11H,1-9H2;1-11H2;9-10H,1-8H2;1-10H2;7H,2-6H2,1H3;6H,2-5H2,1H3;6*1-2H3. The Balaban J connectivity index is 0.000000178. The molecule has 114 heavy (non-hydrogen) atoms. The normalized spacial score (nSPS) is 34.6. The topological polar surface area (TPSA) is 129 Å². The van der Waals surface area contributed by atoms with Crippen molar-refractivity contribution in [2.24, 2.45) is 76.4 Å². The quantitative estimate of drug-likeness (QED) is 0.228. The van der Waals surface area contributed by atoms with E-state index in [4.69, 9.17) is 66.3 Å². The average molecular weight is 1610 g/mol. The van der Waals surface area contributed by atoms with Crippen LogP contribution in [0.5, 0.6) is 0 Å². The molecule has 7 saturated heterocycles. The highest BCUT2D eigenvalue weighted by Gasteiger charge is 2.61. The van der Waals surface area contributed by atoms with Crippen molar-refractivity contribution in [3.05, 3.63) is 0 Å². The Morgan fingerprint density at radius 3 is 0.684 bits per heavy atom. The molecule has 6 spiro atoms. The average Bonchev–Trinajstić information content (AvgIpc) is 1.17. The summed E-state index contributed by atoms with van der Waals surface area (Å²) in [6.07, 6.45) is 69.5. The van der Waals surface area contributed by atoms with Crippen LogP contribution in [-0.4, -0.2) is 134 Å². The van der Waals surface area contributed by atoms with Crippen LogP contribution in [0.3, 0.4) is 0 Å². The number of ether oxygens (including phenoxy) is 14. The highest BCUT2D eigenvalue weighted by atomic mass is 16.7. The Kier molecular flexibility index (Phi) is 49.7. The molecular formula is C100H188O14. The van der Waals surface area contributed by atoms with Gasteiger partial charge in [0.15, 0.2) is 41.5 Å². The van der Waals surface area contributed by atoms with Crippen LogP contribution >= 0.6 is 0 Å². The van der Waals surface area contributed by atoms with E-state index in [0.717, 1.165) is 189 Å². The molecule has 14 nitrogen and oxygen atoms in total. The van der Waals surface area contributed by atoms with Crippen molar-refractivity contribution in [1.82, 2.24) is 0 Å². The molecule has 0 aromatic carbocycles. The second-order valence-electron chi connectivity index (χ2n) is 36.7. The lowest BCUT2D eigenvalue weighted by molar-refractivity contribution is -0.342. The van der Waals surface area contributed by atoms with Crippen LogP contribution in [0.2, 0.25) is 0 Å². The largest absolute Gasteiger partial charge is 0.353 e. The lowest BCUT2D eigenvalue weighted by Gasteiger charge is -2.60. The molecule has 7 heterocycles. The smallest absolute Gasteiger partial charge is 0.173 e. The summed E-state index contributed by atoms with van der Waals surface area (Å²) in [6.45, 7) is 40.6. The molecule has 4 unspecified atom stereocenters. The first-order valence-corrected chi connectivity index (χ1v) is 51.0. The third-order valence-electron chi connectivity index (χ3n) is 29.3. The minimum atomic E-state index is -0.168. The molecule has 0 aromatic heterocycles. The molecule has 4 atom stereocenters. The highest BCUT2D eigenvalue weighted by molar-refractivity contribution is 5.06. The van der Waals surface area contributed by atoms with Crippen molar-refractivity contribution in [2.45, 2.75) is 472 Å². The summed E-state index contributed by atoms with van der Waals surface area (Å²) >= 11 is 0. The summed E-state index contributed by atoms with van der Waals surface area (Å²) < 4.78 is 81.8. The van der Waals surface area contributed by atoms with Crippen molar-refractivity contribution < 1.29 is 66.3 Å². The highest BCUT2D eigenvalue weighted by Crippen LogP contribution is 2.62. The molecule has 7 aliphatic heterocycles. The third kappa shape index (κ3) is 30.4. The van der Waals surface area contributed by atoms with Crippen LogP contribution in [0, 0.1) is 76.4 Å². The summed E-state index contributed by atoms with van der Waals surface area (Å²) in [5.41, 5.74) is 0.842.